The van der Waals surface area contributed by atoms with Crippen LogP contribution in [0.3, 0.4) is 0 Å². The van der Waals surface area contributed by atoms with Crippen LogP contribution in [-0.4, -0.2) is 11.7 Å². The van der Waals surface area contributed by atoms with Crippen molar-refractivity contribution >= 4 is 15.9 Å². The van der Waals surface area contributed by atoms with Crippen LogP contribution in [0, 0.1) is 11.2 Å². The molecule has 102 valence electrons. The summed E-state index contributed by atoms with van der Waals surface area (Å²) < 4.78 is 14.6. The Labute approximate surface area is 118 Å². The highest BCUT2D eigenvalue weighted by Gasteiger charge is 2.28. The maximum Gasteiger partial charge on any atom is 0.127 e. The molecule has 1 aromatic carbocycles. The van der Waals surface area contributed by atoms with Crippen molar-refractivity contribution in [3.63, 3.8) is 0 Å². The first-order chi connectivity index (χ1) is 8.56. The van der Waals surface area contributed by atoms with E-state index in [0.717, 1.165) is 30.2 Å². The summed E-state index contributed by atoms with van der Waals surface area (Å²) in [5.74, 6) is -0.188. The zero-order valence-electron chi connectivity index (χ0n) is 11.2. The maximum atomic E-state index is 13.9. The molecule has 1 nitrogen and oxygen atoms in total. The second-order valence-electron chi connectivity index (χ2n) is 5.03. The Balaban J connectivity index is 2.88. The summed E-state index contributed by atoms with van der Waals surface area (Å²) in [4.78, 5) is 0. The molecule has 0 fully saturated rings. The van der Waals surface area contributed by atoms with Gasteiger partial charge in [0.1, 0.15) is 5.82 Å². The molecule has 18 heavy (non-hydrogen) atoms. The van der Waals surface area contributed by atoms with Crippen molar-refractivity contribution in [3.05, 3.63) is 34.1 Å². The van der Waals surface area contributed by atoms with Crippen molar-refractivity contribution in [2.75, 3.05) is 6.61 Å². The van der Waals surface area contributed by atoms with Crippen molar-refractivity contribution in [3.8, 4) is 0 Å². The molecular formula is C15H22BrFO. The third kappa shape index (κ3) is 4.06. The molecule has 1 unspecified atom stereocenters. The summed E-state index contributed by atoms with van der Waals surface area (Å²) in [7, 11) is 0. The third-order valence-electron chi connectivity index (χ3n) is 3.73. The summed E-state index contributed by atoms with van der Waals surface area (Å²) in [5.41, 5.74) is 0.523. The van der Waals surface area contributed by atoms with E-state index in [-0.39, 0.29) is 17.8 Å². The highest BCUT2D eigenvalue weighted by molar-refractivity contribution is 9.10. The Morgan fingerprint density at radius 2 is 2.06 bits per heavy atom. The SMILES string of the molecule is CCCCC(CC)(CO)Cc1ccc(Br)cc1F. The molecule has 0 saturated carbocycles. The quantitative estimate of drug-likeness (QED) is 0.772. The fraction of sp³-hybridized carbons (Fsp3) is 0.600. The largest absolute Gasteiger partial charge is 0.396 e. The van der Waals surface area contributed by atoms with E-state index in [1.54, 1.807) is 0 Å². The number of benzene rings is 1. The minimum atomic E-state index is -0.188. The van der Waals surface area contributed by atoms with Gasteiger partial charge in [-0.25, -0.2) is 4.39 Å². The first-order valence-corrected chi connectivity index (χ1v) is 7.41. The molecular weight excluding hydrogens is 295 g/mol. The number of hydrogen-bond acceptors (Lipinski definition) is 1. The summed E-state index contributed by atoms with van der Waals surface area (Å²) in [6, 6.07) is 5.16. The lowest BCUT2D eigenvalue weighted by molar-refractivity contribution is 0.106. The van der Waals surface area contributed by atoms with Crippen LogP contribution in [0.25, 0.3) is 0 Å². The van der Waals surface area contributed by atoms with E-state index in [2.05, 4.69) is 29.8 Å². The highest BCUT2D eigenvalue weighted by atomic mass is 79.9. The Morgan fingerprint density at radius 1 is 1.33 bits per heavy atom. The number of unbranched alkanes of at least 4 members (excludes halogenated alkanes) is 1. The van der Waals surface area contributed by atoms with E-state index < -0.39 is 0 Å². The van der Waals surface area contributed by atoms with Gasteiger partial charge in [0.2, 0.25) is 0 Å². The second kappa shape index (κ2) is 7.25. The van der Waals surface area contributed by atoms with Crippen LogP contribution < -0.4 is 0 Å². The standard InChI is InChI=1S/C15H22BrFO/c1-3-5-8-15(4-2,11-18)10-12-6-7-13(16)9-14(12)17/h6-7,9,18H,3-5,8,10-11H2,1-2H3. The van der Waals surface area contributed by atoms with Crippen molar-refractivity contribution in [1.29, 1.82) is 0 Å². The van der Waals surface area contributed by atoms with Gasteiger partial charge in [0.15, 0.2) is 0 Å². The average Bonchev–Trinajstić information content (AvgIpc) is 2.37. The van der Waals surface area contributed by atoms with Crippen molar-refractivity contribution in [1.82, 2.24) is 0 Å². The monoisotopic (exact) mass is 316 g/mol. The lowest BCUT2D eigenvalue weighted by Gasteiger charge is -2.31. The molecule has 1 atom stereocenters. The lowest BCUT2D eigenvalue weighted by Crippen LogP contribution is -2.28. The average molecular weight is 317 g/mol. The molecule has 1 aromatic rings. The van der Waals surface area contributed by atoms with Gasteiger partial charge in [0.05, 0.1) is 0 Å². The molecule has 0 aliphatic carbocycles. The molecule has 3 heteroatoms. The van der Waals surface area contributed by atoms with Crippen molar-refractivity contribution in [2.45, 2.75) is 46.0 Å². The van der Waals surface area contributed by atoms with E-state index in [1.165, 1.54) is 6.07 Å². The van der Waals surface area contributed by atoms with E-state index >= 15 is 0 Å². The zero-order chi connectivity index (χ0) is 13.6. The van der Waals surface area contributed by atoms with Gasteiger partial charge in [0, 0.05) is 11.1 Å². The summed E-state index contributed by atoms with van der Waals surface area (Å²) in [6.07, 6.45) is 4.61. The fourth-order valence-electron chi connectivity index (χ4n) is 2.26. The molecule has 0 radical (unpaired) electrons. The molecule has 1 rings (SSSR count). The van der Waals surface area contributed by atoms with Gasteiger partial charge in [-0.1, -0.05) is 48.7 Å². The smallest absolute Gasteiger partial charge is 0.127 e. The van der Waals surface area contributed by atoms with Gasteiger partial charge in [-0.3, -0.25) is 0 Å². The topological polar surface area (TPSA) is 20.2 Å². The third-order valence-corrected chi connectivity index (χ3v) is 4.22. The molecule has 0 bridgehead atoms. The Morgan fingerprint density at radius 3 is 2.56 bits per heavy atom. The normalized spacial score (nSPS) is 14.5. The van der Waals surface area contributed by atoms with E-state index in [1.807, 2.05) is 12.1 Å². The lowest BCUT2D eigenvalue weighted by atomic mass is 9.76. The molecule has 0 aromatic heterocycles. The molecule has 1 N–H and O–H groups in total. The van der Waals surface area contributed by atoms with Gasteiger partial charge >= 0.3 is 0 Å². The molecule has 0 saturated heterocycles. The predicted molar refractivity (Wildman–Crippen MR) is 77.1 cm³/mol. The van der Waals surface area contributed by atoms with Crippen molar-refractivity contribution in [2.24, 2.45) is 5.41 Å². The zero-order valence-corrected chi connectivity index (χ0v) is 12.8. The van der Waals surface area contributed by atoms with E-state index in [4.69, 9.17) is 0 Å². The van der Waals surface area contributed by atoms with E-state index in [9.17, 15) is 9.50 Å². The van der Waals surface area contributed by atoms with Gasteiger partial charge in [0.25, 0.3) is 0 Å². The van der Waals surface area contributed by atoms with Gasteiger partial charge in [-0.15, -0.1) is 0 Å². The first kappa shape index (κ1) is 15.6. The maximum absolute atomic E-state index is 13.9. The Bertz CT molecular complexity index is 375. The van der Waals surface area contributed by atoms with Crippen LogP contribution in [0.2, 0.25) is 0 Å². The van der Waals surface area contributed by atoms with Crippen LogP contribution in [0.5, 0.6) is 0 Å². The van der Waals surface area contributed by atoms with Crippen molar-refractivity contribution < 1.29 is 9.50 Å². The molecule has 0 heterocycles. The fourth-order valence-corrected chi connectivity index (χ4v) is 2.59. The first-order valence-electron chi connectivity index (χ1n) is 6.61. The van der Waals surface area contributed by atoms with Crippen LogP contribution in [0.4, 0.5) is 4.39 Å². The highest BCUT2D eigenvalue weighted by Crippen LogP contribution is 2.33. The Hall–Kier alpha value is -0.410. The van der Waals surface area contributed by atoms with Gasteiger partial charge < -0.3 is 5.11 Å². The van der Waals surface area contributed by atoms with Crippen LogP contribution >= 0.6 is 15.9 Å². The minimum Gasteiger partial charge on any atom is -0.396 e. The number of hydrogen-bond donors (Lipinski definition) is 1. The molecule has 0 aliphatic heterocycles. The van der Waals surface area contributed by atoms with Crippen LogP contribution in [-0.2, 0) is 6.42 Å². The predicted octanol–water partition coefficient (Wildman–Crippen LogP) is 4.71. The number of aliphatic hydroxyl groups is 1. The van der Waals surface area contributed by atoms with Crippen LogP contribution in [0.1, 0.15) is 45.1 Å². The number of halogens is 2. The Kier molecular flexibility index (Phi) is 6.30. The van der Waals surface area contributed by atoms with Crippen LogP contribution in [0.15, 0.2) is 22.7 Å². The summed E-state index contributed by atoms with van der Waals surface area (Å²) in [5, 5.41) is 9.68. The second-order valence-corrected chi connectivity index (χ2v) is 5.94. The number of rotatable bonds is 7. The molecule has 0 aliphatic rings. The molecule has 0 amide bonds. The molecule has 0 spiro atoms. The van der Waals surface area contributed by atoms with Gasteiger partial charge in [-0.2, -0.15) is 0 Å². The van der Waals surface area contributed by atoms with E-state index in [0.29, 0.717) is 12.0 Å². The number of aliphatic hydroxyl groups excluding tert-OH is 1. The minimum absolute atomic E-state index is 0.124. The van der Waals surface area contributed by atoms with Gasteiger partial charge in [-0.05, 0) is 42.4 Å². The summed E-state index contributed by atoms with van der Waals surface area (Å²) in [6.45, 7) is 4.33. The summed E-state index contributed by atoms with van der Waals surface area (Å²) >= 11 is 3.26.